The number of ketones is 1. The number of hydrogen-bond donors (Lipinski definition) is 0. The number of carbonyl (C=O) groups excluding carboxylic acids is 2. The lowest BCUT2D eigenvalue weighted by molar-refractivity contribution is -0.147. The highest BCUT2D eigenvalue weighted by Crippen LogP contribution is 2.27. The third kappa shape index (κ3) is 4.72. The number of ether oxygens (including phenoxy) is 1. The summed E-state index contributed by atoms with van der Waals surface area (Å²) in [6.45, 7) is 3.62. The van der Waals surface area contributed by atoms with E-state index in [1.54, 1.807) is 0 Å². The molecule has 0 aromatic rings. The number of esters is 1. The largest absolute Gasteiger partial charge is 0.454 e. The van der Waals surface area contributed by atoms with Gasteiger partial charge in [-0.05, 0) is 32.6 Å². The summed E-state index contributed by atoms with van der Waals surface area (Å²) >= 11 is 0. The molecule has 96 valence electrons. The lowest BCUT2D eigenvalue weighted by atomic mass is 9.92. The van der Waals surface area contributed by atoms with E-state index in [0.29, 0.717) is 6.42 Å². The van der Waals surface area contributed by atoms with Crippen LogP contribution in [0.4, 0.5) is 0 Å². The Kier molecular flexibility index (Phi) is 5.95. The van der Waals surface area contributed by atoms with Crippen molar-refractivity contribution in [3.8, 4) is 0 Å². The van der Waals surface area contributed by atoms with Gasteiger partial charge < -0.3 is 4.74 Å². The van der Waals surface area contributed by atoms with Gasteiger partial charge in [-0.1, -0.05) is 25.5 Å². The Hall–Kier alpha value is -1.12. The summed E-state index contributed by atoms with van der Waals surface area (Å²) in [6, 6.07) is 0. The SMILES string of the molecule is CC/C=C/CCCC[C@H]1CC(=O)O[C@H]1C(C)=O. The van der Waals surface area contributed by atoms with Crippen molar-refractivity contribution in [3.05, 3.63) is 12.2 Å². The highest BCUT2D eigenvalue weighted by atomic mass is 16.6. The summed E-state index contributed by atoms with van der Waals surface area (Å²) < 4.78 is 5.03. The minimum absolute atomic E-state index is 0.0215. The first-order chi connectivity index (χ1) is 8.15. The van der Waals surface area contributed by atoms with Gasteiger partial charge in [-0.3, -0.25) is 9.59 Å². The summed E-state index contributed by atoms with van der Waals surface area (Å²) in [5.41, 5.74) is 0. The van der Waals surface area contributed by atoms with Gasteiger partial charge >= 0.3 is 5.97 Å². The van der Waals surface area contributed by atoms with Crippen LogP contribution in [-0.4, -0.2) is 17.9 Å². The summed E-state index contributed by atoms with van der Waals surface area (Å²) in [5.74, 6) is -0.136. The molecule has 0 aliphatic carbocycles. The predicted molar refractivity (Wildman–Crippen MR) is 66.6 cm³/mol. The van der Waals surface area contributed by atoms with E-state index in [0.717, 1.165) is 32.1 Å². The molecular formula is C14H22O3. The van der Waals surface area contributed by atoms with Crippen LogP contribution in [0.25, 0.3) is 0 Å². The fourth-order valence-electron chi connectivity index (χ4n) is 2.23. The molecule has 1 aliphatic heterocycles. The lowest BCUT2D eigenvalue weighted by Crippen LogP contribution is -2.24. The fourth-order valence-corrected chi connectivity index (χ4v) is 2.23. The van der Waals surface area contributed by atoms with Gasteiger partial charge in [0.25, 0.3) is 0 Å². The standard InChI is InChI=1S/C14H22O3/c1-3-4-5-6-7-8-9-12-10-13(16)17-14(12)11(2)15/h4-5,12,14H,3,6-10H2,1-2H3/b5-4+/t12-,14-/m0/s1. The minimum Gasteiger partial charge on any atom is -0.454 e. The second kappa shape index (κ2) is 7.25. The molecule has 0 bridgehead atoms. The number of cyclic esters (lactones) is 1. The van der Waals surface area contributed by atoms with E-state index in [1.165, 1.54) is 6.92 Å². The third-order valence-corrected chi connectivity index (χ3v) is 3.11. The quantitative estimate of drug-likeness (QED) is 0.389. The summed E-state index contributed by atoms with van der Waals surface area (Å²) in [6.07, 6.45) is 9.54. The van der Waals surface area contributed by atoms with Crippen LogP contribution in [0.5, 0.6) is 0 Å². The van der Waals surface area contributed by atoms with E-state index >= 15 is 0 Å². The molecule has 0 N–H and O–H groups in total. The van der Waals surface area contributed by atoms with Crippen molar-refractivity contribution in [1.82, 2.24) is 0 Å². The first-order valence-electron chi connectivity index (χ1n) is 6.50. The molecule has 3 nitrogen and oxygen atoms in total. The number of rotatable bonds is 7. The molecule has 1 saturated heterocycles. The number of allylic oxidation sites excluding steroid dienone is 2. The van der Waals surface area contributed by atoms with Gasteiger partial charge in [-0.2, -0.15) is 0 Å². The number of carbonyl (C=O) groups is 2. The topological polar surface area (TPSA) is 43.4 Å². The summed E-state index contributed by atoms with van der Waals surface area (Å²) in [7, 11) is 0. The molecule has 3 heteroatoms. The van der Waals surface area contributed by atoms with Crippen LogP contribution in [-0.2, 0) is 14.3 Å². The molecule has 1 fully saturated rings. The van der Waals surface area contributed by atoms with Crippen molar-refractivity contribution in [2.45, 2.75) is 58.5 Å². The molecule has 0 unspecified atom stereocenters. The molecule has 0 spiro atoms. The monoisotopic (exact) mass is 238 g/mol. The van der Waals surface area contributed by atoms with Crippen LogP contribution < -0.4 is 0 Å². The molecular weight excluding hydrogens is 216 g/mol. The zero-order valence-corrected chi connectivity index (χ0v) is 10.8. The second-order valence-corrected chi connectivity index (χ2v) is 4.65. The van der Waals surface area contributed by atoms with Crippen molar-refractivity contribution < 1.29 is 14.3 Å². The molecule has 0 aromatic heterocycles. The Labute approximate surface area is 103 Å². The average molecular weight is 238 g/mol. The normalized spacial score (nSPS) is 24.2. The zero-order valence-electron chi connectivity index (χ0n) is 10.8. The maximum atomic E-state index is 11.3. The first-order valence-corrected chi connectivity index (χ1v) is 6.50. The summed E-state index contributed by atoms with van der Waals surface area (Å²) in [4.78, 5) is 22.4. The third-order valence-electron chi connectivity index (χ3n) is 3.11. The highest BCUT2D eigenvalue weighted by Gasteiger charge is 2.36. The molecule has 0 aromatic carbocycles. The molecule has 0 amide bonds. The molecule has 1 aliphatic rings. The van der Waals surface area contributed by atoms with Gasteiger partial charge in [0, 0.05) is 5.92 Å². The van der Waals surface area contributed by atoms with Gasteiger partial charge in [0.2, 0.25) is 0 Å². The maximum absolute atomic E-state index is 11.3. The molecule has 1 rings (SSSR count). The smallest absolute Gasteiger partial charge is 0.306 e. The van der Waals surface area contributed by atoms with E-state index in [1.807, 2.05) is 0 Å². The van der Waals surface area contributed by atoms with Gasteiger partial charge in [0.15, 0.2) is 11.9 Å². The Bertz CT molecular complexity index is 294. The molecule has 1 heterocycles. The first kappa shape index (κ1) is 13.9. The average Bonchev–Trinajstić information content (AvgIpc) is 2.65. The van der Waals surface area contributed by atoms with Gasteiger partial charge in [0.1, 0.15) is 0 Å². The van der Waals surface area contributed by atoms with Crippen LogP contribution in [0, 0.1) is 5.92 Å². The van der Waals surface area contributed by atoms with E-state index in [9.17, 15) is 9.59 Å². The van der Waals surface area contributed by atoms with Gasteiger partial charge in [-0.15, -0.1) is 0 Å². The Balaban J connectivity index is 2.23. The van der Waals surface area contributed by atoms with Crippen molar-refractivity contribution in [1.29, 1.82) is 0 Å². The predicted octanol–water partition coefficient (Wildman–Crippen LogP) is 3.03. The lowest BCUT2D eigenvalue weighted by Gasteiger charge is -2.13. The van der Waals surface area contributed by atoms with Gasteiger partial charge in [-0.25, -0.2) is 0 Å². The highest BCUT2D eigenvalue weighted by molar-refractivity contribution is 5.86. The van der Waals surface area contributed by atoms with Crippen molar-refractivity contribution in [2.24, 2.45) is 5.92 Å². The van der Waals surface area contributed by atoms with Crippen molar-refractivity contribution in [2.75, 3.05) is 0 Å². The van der Waals surface area contributed by atoms with E-state index in [4.69, 9.17) is 4.74 Å². The number of unbranched alkanes of at least 4 members (excludes halogenated alkanes) is 2. The van der Waals surface area contributed by atoms with Crippen molar-refractivity contribution >= 4 is 11.8 Å². The van der Waals surface area contributed by atoms with E-state index in [2.05, 4.69) is 19.1 Å². The van der Waals surface area contributed by atoms with Crippen molar-refractivity contribution in [3.63, 3.8) is 0 Å². The van der Waals surface area contributed by atoms with E-state index in [-0.39, 0.29) is 17.7 Å². The van der Waals surface area contributed by atoms with Gasteiger partial charge in [0.05, 0.1) is 6.42 Å². The number of Topliss-reactive ketones (excluding diaryl/α,β-unsaturated/α-hetero) is 1. The maximum Gasteiger partial charge on any atom is 0.306 e. The molecule has 0 saturated carbocycles. The molecule has 17 heavy (non-hydrogen) atoms. The Morgan fingerprint density at radius 2 is 2.18 bits per heavy atom. The van der Waals surface area contributed by atoms with Crippen LogP contribution in [0.2, 0.25) is 0 Å². The second-order valence-electron chi connectivity index (χ2n) is 4.65. The zero-order chi connectivity index (χ0) is 12.7. The number of hydrogen-bond acceptors (Lipinski definition) is 3. The Morgan fingerprint density at radius 3 is 2.82 bits per heavy atom. The van der Waals surface area contributed by atoms with Crippen LogP contribution in [0.15, 0.2) is 12.2 Å². The minimum atomic E-state index is -0.478. The summed E-state index contributed by atoms with van der Waals surface area (Å²) in [5, 5.41) is 0. The molecule has 2 atom stereocenters. The fraction of sp³-hybridized carbons (Fsp3) is 0.714. The van der Waals surface area contributed by atoms with Crippen LogP contribution >= 0.6 is 0 Å². The Morgan fingerprint density at radius 1 is 1.41 bits per heavy atom. The molecule has 0 radical (unpaired) electrons. The van der Waals surface area contributed by atoms with E-state index < -0.39 is 6.10 Å². The van der Waals surface area contributed by atoms with Crippen LogP contribution in [0.3, 0.4) is 0 Å². The van der Waals surface area contributed by atoms with Crippen LogP contribution in [0.1, 0.15) is 52.4 Å².